The largest absolute Gasteiger partial charge is 0.489 e. The summed E-state index contributed by atoms with van der Waals surface area (Å²) in [5, 5.41) is 5.39. The first kappa shape index (κ1) is 16.0. The summed E-state index contributed by atoms with van der Waals surface area (Å²) in [5.74, 6) is -0.0434. The first-order valence-electron chi connectivity index (χ1n) is 7.68. The highest BCUT2D eigenvalue weighted by atomic mass is 19.1. The fraction of sp³-hybridized carbons (Fsp3) is 0.222. The second-order valence-electron chi connectivity index (χ2n) is 5.59. The summed E-state index contributed by atoms with van der Waals surface area (Å²) >= 11 is 0. The highest BCUT2D eigenvalue weighted by Gasteiger charge is 2.27. The zero-order valence-electron chi connectivity index (χ0n) is 12.9. The fourth-order valence-electron chi connectivity index (χ4n) is 2.45. The molecule has 5 nitrogen and oxygen atoms in total. The minimum absolute atomic E-state index is 0.105. The van der Waals surface area contributed by atoms with E-state index in [1.54, 1.807) is 36.4 Å². The van der Waals surface area contributed by atoms with Crippen molar-refractivity contribution in [3.05, 3.63) is 59.9 Å². The maximum absolute atomic E-state index is 12.9. The molecule has 0 bridgehead atoms. The molecular weight excluding hydrogens is 311 g/mol. The van der Waals surface area contributed by atoms with E-state index in [9.17, 15) is 14.0 Å². The van der Waals surface area contributed by atoms with E-state index in [1.807, 2.05) is 0 Å². The molecule has 124 valence electrons. The zero-order chi connectivity index (χ0) is 16.9. The minimum atomic E-state index is -0.485. The van der Waals surface area contributed by atoms with Gasteiger partial charge in [0.15, 0.2) is 0 Å². The van der Waals surface area contributed by atoms with Crippen molar-refractivity contribution in [3.8, 4) is 5.75 Å². The van der Waals surface area contributed by atoms with Crippen molar-refractivity contribution in [2.24, 2.45) is 0 Å². The molecule has 3 rings (SSSR count). The Bertz CT molecular complexity index is 746. The molecule has 1 fully saturated rings. The van der Waals surface area contributed by atoms with Crippen molar-refractivity contribution in [1.29, 1.82) is 0 Å². The maximum atomic E-state index is 12.9. The second-order valence-corrected chi connectivity index (χ2v) is 5.59. The summed E-state index contributed by atoms with van der Waals surface area (Å²) in [6.45, 7) is 0.302. The van der Waals surface area contributed by atoms with Gasteiger partial charge in [-0.15, -0.1) is 0 Å². The maximum Gasteiger partial charge on any atom is 0.246 e. The highest BCUT2D eigenvalue weighted by Crippen LogP contribution is 2.19. The van der Waals surface area contributed by atoms with E-state index in [-0.39, 0.29) is 17.6 Å². The monoisotopic (exact) mass is 328 g/mol. The van der Waals surface area contributed by atoms with Crippen LogP contribution in [0.5, 0.6) is 5.75 Å². The number of amides is 2. The number of nitrogens with one attached hydrogen (secondary N) is 2. The van der Waals surface area contributed by atoms with Crippen molar-refractivity contribution in [1.82, 2.24) is 5.32 Å². The van der Waals surface area contributed by atoms with Gasteiger partial charge >= 0.3 is 0 Å². The lowest BCUT2D eigenvalue weighted by Crippen LogP contribution is -2.37. The van der Waals surface area contributed by atoms with E-state index in [0.29, 0.717) is 30.9 Å². The third-order valence-corrected chi connectivity index (χ3v) is 3.73. The van der Waals surface area contributed by atoms with E-state index in [2.05, 4.69) is 10.6 Å². The minimum Gasteiger partial charge on any atom is -0.489 e. The molecule has 0 aromatic heterocycles. The number of anilines is 1. The predicted molar refractivity (Wildman–Crippen MR) is 87.0 cm³/mol. The number of hydrogen-bond acceptors (Lipinski definition) is 3. The molecule has 2 aromatic carbocycles. The lowest BCUT2D eigenvalue weighted by atomic mass is 10.2. The average Bonchev–Trinajstić information content (AvgIpc) is 3.01. The number of carbonyl (C=O) groups excluding carboxylic acids is 2. The van der Waals surface area contributed by atoms with Crippen molar-refractivity contribution < 1.29 is 18.7 Å². The van der Waals surface area contributed by atoms with Gasteiger partial charge in [-0.3, -0.25) is 9.59 Å². The van der Waals surface area contributed by atoms with Crippen LogP contribution in [0.1, 0.15) is 18.4 Å². The molecule has 2 N–H and O–H groups in total. The van der Waals surface area contributed by atoms with Crippen LogP contribution in [0.3, 0.4) is 0 Å². The van der Waals surface area contributed by atoms with Gasteiger partial charge in [0.05, 0.1) is 0 Å². The smallest absolute Gasteiger partial charge is 0.246 e. The predicted octanol–water partition coefficient (Wildman–Crippen LogP) is 2.62. The zero-order valence-corrected chi connectivity index (χ0v) is 12.9. The Labute approximate surface area is 138 Å². The molecule has 0 radical (unpaired) electrons. The van der Waals surface area contributed by atoms with Crippen LogP contribution in [-0.4, -0.2) is 17.9 Å². The highest BCUT2D eigenvalue weighted by molar-refractivity contribution is 5.99. The molecule has 1 aliphatic heterocycles. The molecule has 24 heavy (non-hydrogen) atoms. The van der Waals surface area contributed by atoms with Crippen LogP contribution in [-0.2, 0) is 16.2 Å². The van der Waals surface area contributed by atoms with Gasteiger partial charge in [0.25, 0.3) is 0 Å². The summed E-state index contributed by atoms with van der Waals surface area (Å²) in [5.41, 5.74) is 1.44. The quantitative estimate of drug-likeness (QED) is 0.886. The normalized spacial score (nSPS) is 16.5. The Morgan fingerprint density at radius 1 is 1.25 bits per heavy atom. The third-order valence-electron chi connectivity index (χ3n) is 3.73. The van der Waals surface area contributed by atoms with E-state index in [4.69, 9.17) is 4.74 Å². The number of halogens is 1. The van der Waals surface area contributed by atoms with E-state index >= 15 is 0 Å². The first-order chi connectivity index (χ1) is 11.6. The summed E-state index contributed by atoms with van der Waals surface area (Å²) in [6, 6.07) is 12.6. The summed E-state index contributed by atoms with van der Waals surface area (Å²) in [6.07, 6.45) is 0.879. The Hall–Kier alpha value is -2.89. The van der Waals surface area contributed by atoms with Crippen LogP contribution < -0.4 is 15.4 Å². The average molecular weight is 328 g/mol. The molecule has 1 atom stereocenters. The second kappa shape index (κ2) is 7.12. The van der Waals surface area contributed by atoms with E-state index in [0.717, 1.165) is 5.56 Å². The van der Waals surface area contributed by atoms with Crippen LogP contribution in [0.2, 0.25) is 0 Å². The molecule has 0 saturated carbocycles. The molecule has 1 heterocycles. The van der Waals surface area contributed by atoms with Crippen molar-refractivity contribution >= 4 is 17.5 Å². The van der Waals surface area contributed by atoms with Crippen LogP contribution in [0.25, 0.3) is 0 Å². The van der Waals surface area contributed by atoms with Gasteiger partial charge < -0.3 is 15.4 Å². The Balaban J connectivity index is 1.58. The molecule has 0 aliphatic carbocycles. The number of ether oxygens (including phenoxy) is 1. The van der Waals surface area contributed by atoms with Gasteiger partial charge in [-0.05, 0) is 36.2 Å². The standard InChI is InChI=1S/C18H17FN2O3/c19-13-6-4-12(5-7-13)11-24-15-3-1-2-14(10-15)20-18(23)16-8-9-17(22)21-16/h1-7,10,16H,8-9,11H2,(H,20,23)(H,21,22). The van der Waals surface area contributed by atoms with Gasteiger partial charge in [-0.25, -0.2) is 4.39 Å². The molecule has 1 saturated heterocycles. The number of carbonyl (C=O) groups is 2. The first-order valence-corrected chi connectivity index (χ1v) is 7.68. The third kappa shape index (κ3) is 4.10. The van der Waals surface area contributed by atoms with Crippen LogP contribution in [0.4, 0.5) is 10.1 Å². The van der Waals surface area contributed by atoms with Crippen molar-refractivity contribution in [2.45, 2.75) is 25.5 Å². The Morgan fingerprint density at radius 3 is 2.75 bits per heavy atom. The SMILES string of the molecule is O=C1CCC(C(=O)Nc2cccc(OCc3ccc(F)cc3)c2)N1. The van der Waals surface area contributed by atoms with Gasteiger partial charge in [0.1, 0.15) is 24.2 Å². The van der Waals surface area contributed by atoms with Gasteiger partial charge in [-0.1, -0.05) is 18.2 Å². The molecule has 6 heteroatoms. The summed E-state index contributed by atoms with van der Waals surface area (Å²) in [4.78, 5) is 23.3. The number of hydrogen-bond donors (Lipinski definition) is 2. The molecule has 1 unspecified atom stereocenters. The topological polar surface area (TPSA) is 67.4 Å². The molecule has 2 aromatic rings. The lowest BCUT2D eigenvalue weighted by molar-refractivity contribution is -0.122. The number of benzene rings is 2. The molecule has 2 amide bonds. The van der Waals surface area contributed by atoms with Gasteiger partial charge in [0, 0.05) is 18.2 Å². The molecule has 1 aliphatic rings. The van der Waals surface area contributed by atoms with E-state index in [1.165, 1.54) is 12.1 Å². The molecular formula is C18H17FN2O3. The summed E-state index contributed by atoms with van der Waals surface area (Å²) in [7, 11) is 0. The lowest BCUT2D eigenvalue weighted by Gasteiger charge is -2.12. The van der Waals surface area contributed by atoms with E-state index < -0.39 is 6.04 Å². The van der Waals surface area contributed by atoms with Gasteiger partial charge in [-0.2, -0.15) is 0 Å². The molecule has 0 spiro atoms. The van der Waals surface area contributed by atoms with Crippen LogP contribution in [0.15, 0.2) is 48.5 Å². The number of rotatable bonds is 5. The Morgan fingerprint density at radius 2 is 2.04 bits per heavy atom. The summed E-state index contributed by atoms with van der Waals surface area (Å²) < 4.78 is 18.5. The van der Waals surface area contributed by atoms with Crippen molar-refractivity contribution in [3.63, 3.8) is 0 Å². The Kier molecular flexibility index (Phi) is 4.74. The van der Waals surface area contributed by atoms with Crippen molar-refractivity contribution in [2.75, 3.05) is 5.32 Å². The van der Waals surface area contributed by atoms with Gasteiger partial charge in [0.2, 0.25) is 11.8 Å². The fourth-order valence-corrected chi connectivity index (χ4v) is 2.45. The van der Waals surface area contributed by atoms with Crippen LogP contribution in [0, 0.1) is 5.82 Å². The van der Waals surface area contributed by atoms with Crippen LogP contribution >= 0.6 is 0 Å².